The zero-order chi connectivity index (χ0) is 28.8. The van der Waals surface area contributed by atoms with Gasteiger partial charge in [-0.15, -0.1) is 0 Å². The SMILES string of the molecule is O=C(COc1ccc(Br)cc1[C@H]1c2sc(=O)[nH]c2SC2C(=O)N(c3ccc(F)cc3)C(=O)C21)Nc1ccc(Cl)cc1. The number of imide groups is 1. The van der Waals surface area contributed by atoms with Crippen molar-refractivity contribution in [3.05, 3.63) is 102 Å². The molecule has 0 saturated carbocycles. The highest BCUT2D eigenvalue weighted by atomic mass is 79.9. The van der Waals surface area contributed by atoms with Gasteiger partial charge in [-0.3, -0.25) is 19.2 Å². The lowest BCUT2D eigenvalue weighted by molar-refractivity contribution is -0.122. The Morgan fingerprint density at radius 2 is 1.78 bits per heavy atom. The molecule has 0 spiro atoms. The highest BCUT2D eigenvalue weighted by Gasteiger charge is 2.56. The van der Waals surface area contributed by atoms with Gasteiger partial charge in [0.1, 0.15) is 16.8 Å². The van der Waals surface area contributed by atoms with E-state index in [1.807, 2.05) is 0 Å². The summed E-state index contributed by atoms with van der Waals surface area (Å²) in [6.45, 7) is -0.336. The van der Waals surface area contributed by atoms with Crippen LogP contribution >= 0.6 is 50.6 Å². The lowest BCUT2D eigenvalue weighted by Gasteiger charge is -2.31. The predicted molar refractivity (Wildman–Crippen MR) is 159 cm³/mol. The summed E-state index contributed by atoms with van der Waals surface area (Å²) >= 11 is 11.5. The Morgan fingerprint density at radius 3 is 2.51 bits per heavy atom. The topological polar surface area (TPSA) is 109 Å². The molecule has 1 fully saturated rings. The highest BCUT2D eigenvalue weighted by molar-refractivity contribution is 9.10. The zero-order valence-electron chi connectivity index (χ0n) is 20.7. The molecule has 2 aliphatic rings. The summed E-state index contributed by atoms with van der Waals surface area (Å²) in [5.74, 6) is -3.12. The molecule has 1 aromatic heterocycles. The van der Waals surface area contributed by atoms with Gasteiger partial charge < -0.3 is 15.0 Å². The number of rotatable bonds is 6. The number of aromatic amines is 1. The molecule has 3 atom stereocenters. The van der Waals surface area contributed by atoms with E-state index in [0.717, 1.165) is 28.0 Å². The van der Waals surface area contributed by atoms with Crippen molar-refractivity contribution in [2.75, 3.05) is 16.8 Å². The van der Waals surface area contributed by atoms with E-state index in [0.29, 0.717) is 36.4 Å². The van der Waals surface area contributed by atoms with E-state index in [1.54, 1.807) is 42.5 Å². The maximum atomic E-state index is 13.9. The van der Waals surface area contributed by atoms with E-state index in [4.69, 9.17) is 16.3 Å². The summed E-state index contributed by atoms with van der Waals surface area (Å²) < 4.78 is 20.2. The van der Waals surface area contributed by atoms with Crippen LogP contribution in [0.2, 0.25) is 5.02 Å². The van der Waals surface area contributed by atoms with Gasteiger partial charge in [-0.05, 0) is 66.7 Å². The molecule has 0 radical (unpaired) electrons. The Hall–Kier alpha value is -3.45. The summed E-state index contributed by atoms with van der Waals surface area (Å²) in [7, 11) is 0. The number of hydrogen-bond donors (Lipinski definition) is 2. The number of hydrogen-bond acceptors (Lipinski definition) is 7. The van der Waals surface area contributed by atoms with Gasteiger partial charge in [-0.2, -0.15) is 0 Å². The van der Waals surface area contributed by atoms with Crippen molar-refractivity contribution in [3.8, 4) is 5.75 Å². The van der Waals surface area contributed by atoms with Crippen LogP contribution in [0.5, 0.6) is 5.75 Å². The molecule has 4 aromatic rings. The molecule has 3 amide bonds. The van der Waals surface area contributed by atoms with Gasteiger partial charge in [0.05, 0.1) is 16.6 Å². The second-order valence-corrected chi connectivity index (χ2v) is 12.8. The van der Waals surface area contributed by atoms with Crippen molar-refractivity contribution < 1.29 is 23.5 Å². The maximum absolute atomic E-state index is 13.9. The van der Waals surface area contributed by atoms with Gasteiger partial charge in [-0.25, -0.2) is 9.29 Å². The van der Waals surface area contributed by atoms with E-state index < -0.39 is 40.6 Å². The molecule has 0 aliphatic carbocycles. The van der Waals surface area contributed by atoms with Crippen LogP contribution in [-0.2, 0) is 14.4 Å². The van der Waals surface area contributed by atoms with E-state index in [9.17, 15) is 23.6 Å². The number of nitrogens with one attached hydrogen (secondary N) is 2. The number of thiazole rings is 1. The fraction of sp³-hybridized carbons (Fsp3) is 0.143. The predicted octanol–water partition coefficient (Wildman–Crippen LogP) is 5.80. The number of halogens is 3. The van der Waals surface area contributed by atoms with Crippen molar-refractivity contribution in [2.24, 2.45) is 5.92 Å². The number of amides is 3. The van der Waals surface area contributed by atoms with Crippen LogP contribution in [0, 0.1) is 11.7 Å². The maximum Gasteiger partial charge on any atom is 0.305 e. The van der Waals surface area contributed by atoms with Crippen LogP contribution in [0.4, 0.5) is 15.8 Å². The van der Waals surface area contributed by atoms with E-state index in [2.05, 4.69) is 26.2 Å². The van der Waals surface area contributed by atoms with Crippen molar-refractivity contribution in [1.82, 2.24) is 4.98 Å². The Morgan fingerprint density at radius 1 is 1.05 bits per heavy atom. The molecular weight excluding hydrogens is 657 g/mol. The molecular formula is C28H18BrClFN3O5S2. The highest BCUT2D eigenvalue weighted by Crippen LogP contribution is 2.54. The average molecular weight is 675 g/mol. The lowest BCUT2D eigenvalue weighted by Crippen LogP contribution is -2.32. The van der Waals surface area contributed by atoms with Crippen LogP contribution in [0.1, 0.15) is 16.4 Å². The number of anilines is 2. The first kappa shape index (κ1) is 27.7. The minimum atomic E-state index is -0.879. The molecule has 3 heterocycles. The standard InChI is InChI=1S/C28H18BrClFN3O5S2/c29-13-1-10-19(39-12-20(35)32-16-6-2-14(30)3-7-16)18(11-13)21-22-24(40-25-23(21)41-28(38)33-25)27(37)34(26(22)36)17-8-4-15(31)5-9-17/h1-11,21-22,24H,12H2,(H,32,35)(H,33,38)/t21-,22?,24?/m1/s1. The number of aromatic nitrogens is 1. The van der Waals surface area contributed by atoms with E-state index in [-0.39, 0.29) is 17.2 Å². The van der Waals surface area contributed by atoms with Crippen molar-refractivity contribution in [2.45, 2.75) is 16.2 Å². The Kier molecular flexibility index (Phi) is 7.49. The smallest absolute Gasteiger partial charge is 0.305 e. The van der Waals surface area contributed by atoms with E-state index in [1.165, 1.54) is 24.3 Å². The fourth-order valence-electron chi connectivity index (χ4n) is 4.96. The number of carbonyl (C=O) groups excluding carboxylic acids is 3. The third-order valence-corrected chi connectivity index (χ3v) is 9.85. The molecule has 2 N–H and O–H groups in total. The second-order valence-electron chi connectivity index (χ2n) is 9.26. The molecule has 6 rings (SSSR count). The molecule has 2 unspecified atom stereocenters. The number of thioether (sulfide) groups is 1. The Balaban J connectivity index is 1.36. The molecule has 8 nitrogen and oxygen atoms in total. The molecule has 41 heavy (non-hydrogen) atoms. The molecule has 0 bridgehead atoms. The third-order valence-electron chi connectivity index (χ3n) is 6.70. The van der Waals surface area contributed by atoms with Crippen LogP contribution < -0.4 is 19.8 Å². The largest absolute Gasteiger partial charge is 0.483 e. The normalized spacial score (nSPS) is 19.6. The molecule has 1 saturated heterocycles. The van der Waals surface area contributed by atoms with Crippen LogP contribution in [0.25, 0.3) is 0 Å². The average Bonchev–Trinajstić information content (AvgIpc) is 3.44. The summed E-state index contributed by atoms with van der Waals surface area (Å²) in [5.41, 5.74) is 1.34. The number of carbonyl (C=O) groups is 3. The van der Waals surface area contributed by atoms with Crippen molar-refractivity contribution in [3.63, 3.8) is 0 Å². The van der Waals surface area contributed by atoms with Crippen LogP contribution in [-0.4, -0.2) is 34.6 Å². The van der Waals surface area contributed by atoms with Gasteiger partial charge in [0.25, 0.3) is 5.91 Å². The summed E-state index contributed by atoms with van der Waals surface area (Å²) in [6.07, 6.45) is 0. The minimum absolute atomic E-state index is 0.261. The van der Waals surface area contributed by atoms with Crippen LogP contribution in [0.15, 0.2) is 81.0 Å². The monoisotopic (exact) mass is 673 g/mol. The van der Waals surface area contributed by atoms with Gasteiger partial charge in [0, 0.05) is 31.5 Å². The zero-order valence-corrected chi connectivity index (χ0v) is 24.7. The quantitative estimate of drug-likeness (QED) is 0.250. The second kappa shape index (κ2) is 11.1. The summed E-state index contributed by atoms with van der Waals surface area (Å²) in [4.78, 5) is 56.7. The van der Waals surface area contributed by atoms with E-state index >= 15 is 0 Å². The van der Waals surface area contributed by atoms with Crippen molar-refractivity contribution in [1.29, 1.82) is 0 Å². The Labute approximate surface area is 254 Å². The number of H-pyrrole nitrogens is 1. The van der Waals surface area contributed by atoms with Crippen LogP contribution in [0.3, 0.4) is 0 Å². The minimum Gasteiger partial charge on any atom is -0.483 e. The molecule has 2 aliphatic heterocycles. The first-order valence-electron chi connectivity index (χ1n) is 12.2. The van der Waals surface area contributed by atoms with Gasteiger partial charge in [0.2, 0.25) is 11.8 Å². The number of nitrogens with zero attached hydrogens (tertiary/aromatic N) is 1. The fourth-order valence-corrected chi connectivity index (χ4v) is 7.98. The number of ether oxygens (including phenoxy) is 1. The molecule has 3 aromatic carbocycles. The Bertz CT molecular complexity index is 1740. The first-order valence-corrected chi connectivity index (χ1v) is 15.1. The van der Waals surface area contributed by atoms with Crippen molar-refractivity contribution >= 4 is 79.7 Å². The first-order chi connectivity index (χ1) is 19.7. The van der Waals surface area contributed by atoms with Gasteiger partial charge >= 0.3 is 4.87 Å². The molecule has 13 heteroatoms. The van der Waals surface area contributed by atoms with Gasteiger partial charge in [-0.1, -0.05) is 50.6 Å². The van der Waals surface area contributed by atoms with Gasteiger partial charge in [0.15, 0.2) is 6.61 Å². The summed E-state index contributed by atoms with van der Waals surface area (Å²) in [5, 5.41) is 2.93. The molecule has 208 valence electrons. The summed E-state index contributed by atoms with van der Waals surface area (Å²) in [6, 6.07) is 16.9. The number of benzene rings is 3. The number of fused-ring (bicyclic) bond motifs is 2. The third kappa shape index (κ3) is 5.32. The lowest BCUT2D eigenvalue weighted by atomic mass is 9.82.